The Kier molecular flexibility index (Phi) is 35.4. The van der Waals surface area contributed by atoms with Crippen LogP contribution in [-0.2, 0) is 60.3 Å². The van der Waals surface area contributed by atoms with Gasteiger partial charge in [0.2, 0.25) is 0 Å². The molecule has 15 heteroatoms. The van der Waals surface area contributed by atoms with Crippen LogP contribution in [0, 0.1) is 52.8 Å². The molecule has 3 aromatic heterocycles. The third-order valence-corrected chi connectivity index (χ3v) is 13.0. The zero-order valence-electron chi connectivity index (χ0n) is 52.6. The molecule has 0 saturated heterocycles. The molecular weight excluding hydrogens is 1630 g/mol. The van der Waals surface area contributed by atoms with Gasteiger partial charge >= 0.3 is 0 Å². The molecule has 0 fully saturated rings. The van der Waals surface area contributed by atoms with Crippen molar-refractivity contribution in [3.63, 3.8) is 0 Å². The maximum Gasteiger partial charge on any atom is 0.0596 e. The number of rotatable bonds is 12. The van der Waals surface area contributed by atoms with Gasteiger partial charge in [-0.1, -0.05) is 121 Å². The molecule has 7 aromatic carbocycles. The molecule has 0 aliphatic carbocycles. The van der Waals surface area contributed by atoms with Crippen molar-refractivity contribution in [1.82, 2.24) is 29.9 Å². The minimum Gasteiger partial charge on any atom is -0.393 e. The fourth-order valence-corrected chi connectivity index (χ4v) is 9.13. The van der Waals surface area contributed by atoms with E-state index in [1.165, 1.54) is 32.7 Å². The van der Waals surface area contributed by atoms with Crippen LogP contribution in [0.25, 0.3) is 77.6 Å². The van der Waals surface area contributed by atoms with Crippen LogP contribution in [0.15, 0.2) is 164 Å². The summed E-state index contributed by atoms with van der Waals surface area (Å²) in [6.45, 7) is 24.1. The molecule has 10 aromatic rings. The minimum absolute atomic E-state index is 0. The Morgan fingerprint density at radius 2 is 0.784 bits per heavy atom. The molecule has 0 amide bonds. The summed E-state index contributed by atoms with van der Waals surface area (Å²) in [5.41, 5.74) is 16.1. The SMILES string of the molecule is CC(O)CC(C)O.CC(O)CC(C)O.CC(O)CC(C)O.Cc1cnc(-c2[c-]cc(-c3ccc4ccccc4c3)cc2)c(C)n1.Cc1cnc(-c2[c-]cc(-c3cccc4ccccc34)cc2)c(C)n1.Cc1nc(C(C)C)cnc1-c1[c-]cccc1.[Ir].[Ir].[Ir]. The second kappa shape index (κ2) is 39.9. The molecule has 0 bridgehead atoms. The van der Waals surface area contributed by atoms with E-state index in [1.807, 2.05) is 77.2 Å². The van der Waals surface area contributed by atoms with E-state index < -0.39 is 0 Å². The fourth-order valence-electron chi connectivity index (χ4n) is 9.13. The fraction of sp³-hybridized carbons (Fsp3) is 0.315. The van der Waals surface area contributed by atoms with Crippen molar-refractivity contribution < 1.29 is 91.0 Å². The van der Waals surface area contributed by atoms with Crippen LogP contribution >= 0.6 is 0 Å². The summed E-state index contributed by atoms with van der Waals surface area (Å²) in [5, 5.41) is 56.4. The van der Waals surface area contributed by atoms with E-state index in [4.69, 9.17) is 30.6 Å². The van der Waals surface area contributed by atoms with Crippen LogP contribution in [0.5, 0.6) is 0 Å². The van der Waals surface area contributed by atoms with Gasteiger partial charge in [0.15, 0.2) is 0 Å². The standard InChI is InChI=1S/2C22H17N2.C14H15N2.3C5H12O2.3Ir/c1-15-14-23-22(16(2)24-15)19-12-10-18(11-13-19)21-9-5-7-17-6-3-4-8-20(17)21;1-15-14-23-22(16(2)24-15)19-10-7-18(8-11-19)21-12-9-17-5-3-4-6-20(17)13-21;1-10(2)13-9-15-14(11(3)16-13)12-7-5-4-6-8-12;3*1-4(6)3-5(2)7;;;/h3-12,14H,1-2H3;3-10,12-14H,1-2H3;4-7,9-10H,1-3H3;3*4-7H,3H2,1-2H3;;;/q3*-1;;;;;;. The molecule has 0 aliphatic rings. The number of hydrogen-bond acceptors (Lipinski definition) is 12. The van der Waals surface area contributed by atoms with Gasteiger partial charge < -0.3 is 45.6 Å². The molecule has 3 heterocycles. The van der Waals surface area contributed by atoms with E-state index >= 15 is 0 Å². The van der Waals surface area contributed by atoms with Crippen molar-refractivity contribution in [3.8, 4) is 56.0 Å². The van der Waals surface area contributed by atoms with E-state index in [2.05, 4.69) is 171 Å². The van der Waals surface area contributed by atoms with Gasteiger partial charge in [-0.3, -0.25) is 15.0 Å². The first-order chi connectivity index (χ1) is 40.5. The van der Waals surface area contributed by atoms with Crippen LogP contribution in [0.1, 0.15) is 115 Å². The van der Waals surface area contributed by atoms with Gasteiger partial charge in [-0.2, -0.15) is 0 Å². The first kappa shape index (κ1) is 78.1. The second-order valence-electron chi connectivity index (χ2n) is 21.9. The van der Waals surface area contributed by atoms with E-state index in [1.54, 1.807) is 53.9 Å². The van der Waals surface area contributed by atoms with Gasteiger partial charge in [0, 0.05) is 113 Å². The molecule has 10 rings (SSSR count). The average Bonchev–Trinajstić information content (AvgIpc) is 1.84. The third kappa shape index (κ3) is 26.2. The number of aryl methyl sites for hydroxylation is 5. The number of benzene rings is 7. The summed E-state index contributed by atoms with van der Waals surface area (Å²) in [6.07, 6.45) is 4.62. The van der Waals surface area contributed by atoms with E-state index in [-0.39, 0.29) is 96.9 Å². The average molecular weight is 1720 g/mol. The topological polar surface area (TPSA) is 199 Å². The van der Waals surface area contributed by atoms with E-state index in [0.29, 0.717) is 25.2 Å². The predicted octanol–water partition coefficient (Wildman–Crippen LogP) is 14.5. The van der Waals surface area contributed by atoms with Crippen molar-refractivity contribution >= 4 is 21.5 Å². The quantitative estimate of drug-likeness (QED) is 0.0634. The number of fused-ring (bicyclic) bond motifs is 2. The Balaban J connectivity index is 0.000000386. The largest absolute Gasteiger partial charge is 0.393 e. The first-order valence-corrected chi connectivity index (χ1v) is 29.0. The van der Waals surface area contributed by atoms with Gasteiger partial charge in [0.05, 0.1) is 53.7 Å². The Morgan fingerprint density at radius 3 is 1.20 bits per heavy atom. The van der Waals surface area contributed by atoms with Gasteiger partial charge in [-0.15, -0.1) is 95.6 Å². The van der Waals surface area contributed by atoms with Crippen LogP contribution < -0.4 is 0 Å². The Hall–Kier alpha value is -5.99. The first-order valence-electron chi connectivity index (χ1n) is 29.0. The van der Waals surface area contributed by atoms with Gasteiger partial charge in [0.25, 0.3) is 0 Å². The van der Waals surface area contributed by atoms with Crippen molar-refractivity contribution in [3.05, 3.63) is 217 Å². The second-order valence-corrected chi connectivity index (χ2v) is 21.9. The number of aliphatic hydroxyl groups is 6. The van der Waals surface area contributed by atoms with Gasteiger partial charge in [-0.05, 0) is 123 Å². The monoisotopic (exact) mass is 1720 g/mol. The number of hydrogen-bond donors (Lipinski definition) is 6. The van der Waals surface area contributed by atoms with Crippen LogP contribution in [0.3, 0.4) is 0 Å². The minimum atomic E-state index is -0.375. The van der Waals surface area contributed by atoms with Gasteiger partial charge in [0.1, 0.15) is 0 Å². The molecule has 3 radical (unpaired) electrons. The Bertz CT molecular complexity index is 3540. The maximum absolute atomic E-state index is 8.56. The van der Waals surface area contributed by atoms with Crippen molar-refractivity contribution in [1.29, 1.82) is 0 Å². The van der Waals surface area contributed by atoms with E-state index in [9.17, 15) is 0 Å². The van der Waals surface area contributed by atoms with Crippen LogP contribution in [0.2, 0.25) is 0 Å². The summed E-state index contributed by atoms with van der Waals surface area (Å²) in [5.74, 6) is 0.417. The molecule has 6 unspecified atom stereocenters. The molecule has 6 atom stereocenters. The van der Waals surface area contributed by atoms with E-state index in [0.717, 1.165) is 79.1 Å². The Morgan fingerprint density at radius 1 is 0.375 bits per heavy atom. The van der Waals surface area contributed by atoms with Crippen LogP contribution in [-0.4, -0.2) is 97.2 Å². The van der Waals surface area contributed by atoms with Gasteiger partial charge in [-0.25, -0.2) is 0 Å². The summed E-state index contributed by atoms with van der Waals surface area (Å²) in [7, 11) is 0. The third-order valence-electron chi connectivity index (χ3n) is 13.0. The van der Waals surface area contributed by atoms with Crippen LogP contribution in [0.4, 0.5) is 0 Å². The summed E-state index contributed by atoms with van der Waals surface area (Å²) in [4.78, 5) is 27.0. The van der Waals surface area contributed by atoms with Crippen molar-refractivity contribution in [2.24, 2.45) is 0 Å². The molecule has 0 aliphatic heterocycles. The smallest absolute Gasteiger partial charge is 0.0596 e. The molecule has 12 nitrogen and oxygen atoms in total. The zero-order chi connectivity index (χ0) is 62.2. The molecule has 88 heavy (non-hydrogen) atoms. The Labute approximate surface area is 562 Å². The molecule has 0 spiro atoms. The summed E-state index contributed by atoms with van der Waals surface area (Å²) >= 11 is 0. The van der Waals surface area contributed by atoms with Crippen molar-refractivity contribution in [2.75, 3.05) is 0 Å². The summed E-state index contributed by atoms with van der Waals surface area (Å²) < 4.78 is 0. The van der Waals surface area contributed by atoms with Crippen molar-refractivity contribution in [2.45, 2.75) is 152 Å². The number of aromatic nitrogens is 6. The molecular formula is C73H85Ir3N6O6-3. The normalized spacial score (nSPS) is 12.4. The zero-order valence-corrected chi connectivity index (χ0v) is 59.8. The molecule has 0 saturated carbocycles. The predicted molar refractivity (Wildman–Crippen MR) is 347 cm³/mol. The summed E-state index contributed by atoms with van der Waals surface area (Å²) in [6, 6.07) is 60.0. The number of nitrogens with zero attached hydrogens (tertiary/aromatic N) is 6. The maximum atomic E-state index is 8.56. The molecule has 473 valence electrons. The number of aliphatic hydroxyl groups excluding tert-OH is 6. The molecule has 6 N–H and O–H groups in total.